The maximum absolute atomic E-state index is 12.4. The number of hydrogen-bond donors (Lipinski definition) is 1. The number of urea groups is 1. The van der Waals surface area contributed by atoms with E-state index in [9.17, 15) is 4.79 Å². The molecule has 1 aliphatic heterocycles. The average molecular weight is 418 g/mol. The maximum atomic E-state index is 12.4. The van der Waals surface area contributed by atoms with Gasteiger partial charge in [-0.15, -0.1) is 0 Å². The summed E-state index contributed by atoms with van der Waals surface area (Å²) in [5.41, 5.74) is 1.72. The van der Waals surface area contributed by atoms with E-state index in [0.717, 1.165) is 30.3 Å². The van der Waals surface area contributed by atoms with Crippen LogP contribution >= 0.6 is 11.6 Å². The number of anilines is 2. The Labute approximate surface area is 177 Å². The van der Waals surface area contributed by atoms with E-state index < -0.39 is 0 Å². The summed E-state index contributed by atoms with van der Waals surface area (Å²) in [6.07, 6.45) is 3.66. The summed E-state index contributed by atoms with van der Waals surface area (Å²) in [6, 6.07) is 12.8. The van der Waals surface area contributed by atoms with Crippen molar-refractivity contribution in [3.05, 3.63) is 47.5 Å². The fourth-order valence-corrected chi connectivity index (χ4v) is 3.57. The Morgan fingerprint density at radius 1 is 1.10 bits per heavy atom. The summed E-state index contributed by atoms with van der Waals surface area (Å²) in [6.45, 7) is 2.91. The Balaban J connectivity index is 1.47. The zero-order chi connectivity index (χ0) is 20.6. The molecule has 0 aliphatic carbocycles. The lowest BCUT2D eigenvalue weighted by Crippen LogP contribution is -2.34. The Hall–Kier alpha value is -2.60. The molecule has 0 saturated carbocycles. The smallest absolute Gasteiger partial charge is 0.321 e. The molecular formula is C22H28ClN3O3. The number of hydrogen-bond acceptors (Lipinski definition) is 4. The minimum absolute atomic E-state index is 0.204. The van der Waals surface area contributed by atoms with Gasteiger partial charge in [0.05, 0.1) is 24.4 Å². The van der Waals surface area contributed by atoms with Crippen LogP contribution in [0.1, 0.15) is 19.3 Å². The molecule has 0 spiro atoms. The van der Waals surface area contributed by atoms with Gasteiger partial charge in [-0.3, -0.25) is 0 Å². The standard InChI is InChI=1S/C22H28ClN3O3/c1-25(14-15-29-19-9-7-18(28-2)8-10-19)22(27)24-17-6-11-21(20(23)16-17)26-12-4-3-5-13-26/h6-11,16H,3-5,12-15H2,1-2H3,(H,24,27). The number of rotatable bonds is 7. The number of carbonyl (C=O) groups is 1. The van der Waals surface area contributed by atoms with Crippen LogP contribution in [0.5, 0.6) is 11.5 Å². The minimum atomic E-state index is -0.204. The molecule has 1 heterocycles. The van der Waals surface area contributed by atoms with Gasteiger partial charge in [0.25, 0.3) is 0 Å². The Kier molecular flexibility index (Phi) is 7.47. The van der Waals surface area contributed by atoms with Crippen LogP contribution in [0.25, 0.3) is 0 Å². The number of likely N-dealkylation sites (N-methyl/N-ethyl adjacent to an activating group) is 1. The Morgan fingerprint density at radius 2 is 1.79 bits per heavy atom. The van der Waals surface area contributed by atoms with E-state index in [0.29, 0.717) is 23.9 Å². The molecule has 0 unspecified atom stereocenters. The number of methoxy groups -OCH3 is 1. The van der Waals surface area contributed by atoms with Gasteiger partial charge in [0.2, 0.25) is 0 Å². The van der Waals surface area contributed by atoms with Crippen molar-refractivity contribution in [3.8, 4) is 11.5 Å². The van der Waals surface area contributed by atoms with Crippen molar-refractivity contribution in [2.45, 2.75) is 19.3 Å². The van der Waals surface area contributed by atoms with Crippen LogP contribution in [0.2, 0.25) is 5.02 Å². The molecule has 6 nitrogen and oxygen atoms in total. The predicted octanol–water partition coefficient (Wildman–Crippen LogP) is 4.88. The first-order valence-corrected chi connectivity index (χ1v) is 10.3. The lowest BCUT2D eigenvalue weighted by atomic mass is 10.1. The maximum Gasteiger partial charge on any atom is 0.321 e. The van der Waals surface area contributed by atoms with Crippen molar-refractivity contribution in [3.63, 3.8) is 0 Å². The number of ether oxygens (including phenoxy) is 2. The summed E-state index contributed by atoms with van der Waals surface area (Å²) in [5, 5.41) is 3.55. The average Bonchev–Trinajstić information content (AvgIpc) is 2.75. The third-order valence-corrected chi connectivity index (χ3v) is 5.30. The molecule has 7 heteroatoms. The number of nitrogens with zero attached hydrogens (tertiary/aromatic N) is 2. The lowest BCUT2D eigenvalue weighted by Gasteiger charge is -2.29. The van der Waals surface area contributed by atoms with Gasteiger partial charge in [0.1, 0.15) is 18.1 Å². The number of halogens is 1. The number of carbonyl (C=O) groups excluding carboxylic acids is 1. The summed E-state index contributed by atoms with van der Waals surface area (Å²) in [4.78, 5) is 16.3. The molecule has 1 fully saturated rings. The zero-order valence-corrected chi connectivity index (χ0v) is 17.7. The van der Waals surface area contributed by atoms with Gasteiger partial charge >= 0.3 is 6.03 Å². The molecule has 2 aromatic carbocycles. The quantitative estimate of drug-likeness (QED) is 0.697. The van der Waals surface area contributed by atoms with Crippen LogP contribution in [0, 0.1) is 0 Å². The van der Waals surface area contributed by atoms with Crippen LogP contribution < -0.4 is 19.7 Å². The van der Waals surface area contributed by atoms with Crippen LogP contribution in [0.4, 0.5) is 16.2 Å². The van der Waals surface area contributed by atoms with Gasteiger partial charge in [-0.25, -0.2) is 4.79 Å². The number of piperidine rings is 1. The summed E-state index contributed by atoms with van der Waals surface area (Å²) in [5.74, 6) is 1.51. The topological polar surface area (TPSA) is 54.0 Å². The third-order valence-electron chi connectivity index (χ3n) is 5.00. The minimum Gasteiger partial charge on any atom is -0.497 e. The zero-order valence-electron chi connectivity index (χ0n) is 17.0. The van der Waals surface area contributed by atoms with Crippen molar-refractivity contribution >= 4 is 29.0 Å². The third kappa shape index (κ3) is 5.94. The SMILES string of the molecule is COc1ccc(OCCN(C)C(=O)Nc2ccc(N3CCCCC3)c(Cl)c2)cc1. The number of nitrogens with one attached hydrogen (secondary N) is 1. The fraction of sp³-hybridized carbons (Fsp3) is 0.409. The molecule has 0 aromatic heterocycles. The van der Waals surface area contributed by atoms with Gasteiger partial charge in [-0.2, -0.15) is 0 Å². The van der Waals surface area contributed by atoms with E-state index in [2.05, 4.69) is 10.2 Å². The molecule has 156 valence electrons. The van der Waals surface area contributed by atoms with Gasteiger partial charge in [0.15, 0.2) is 0 Å². The lowest BCUT2D eigenvalue weighted by molar-refractivity contribution is 0.207. The number of amides is 2. The molecule has 1 aliphatic rings. The van der Waals surface area contributed by atoms with Crippen LogP contribution in [0.3, 0.4) is 0 Å². The van der Waals surface area contributed by atoms with E-state index in [1.54, 1.807) is 19.1 Å². The van der Waals surface area contributed by atoms with Gasteiger partial charge < -0.3 is 24.6 Å². The van der Waals surface area contributed by atoms with Gasteiger partial charge in [0, 0.05) is 25.8 Å². The van der Waals surface area contributed by atoms with Crippen LogP contribution in [0.15, 0.2) is 42.5 Å². The molecular weight excluding hydrogens is 390 g/mol. The highest BCUT2D eigenvalue weighted by molar-refractivity contribution is 6.33. The normalized spacial score (nSPS) is 13.7. The summed E-state index contributed by atoms with van der Waals surface area (Å²) < 4.78 is 10.8. The van der Waals surface area contributed by atoms with Gasteiger partial charge in [-0.05, 0) is 61.7 Å². The molecule has 29 heavy (non-hydrogen) atoms. The first kappa shape index (κ1) is 21.1. The molecule has 0 radical (unpaired) electrons. The van der Waals surface area contributed by atoms with Crippen molar-refractivity contribution in [1.29, 1.82) is 0 Å². The summed E-state index contributed by atoms with van der Waals surface area (Å²) in [7, 11) is 3.36. The largest absolute Gasteiger partial charge is 0.497 e. The van der Waals surface area contributed by atoms with Crippen molar-refractivity contribution in [2.24, 2.45) is 0 Å². The molecule has 1 saturated heterocycles. The molecule has 0 atom stereocenters. The van der Waals surface area contributed by atoms with E-state index in [1.807, 2.05) is 42.5 Å². The van der Waals surface area contributed by atoms with Crippen LogP contribution in [-0.2, 0) is 0 Å². The highest BCUT2D eigenvalue weighted by Crippen LogP contribution is 2.30. The van der Waals surface area contributed by atoms with Crippen molar-refractivity contribution in [1.82, 2.24) is 4.90 Å². The van der Waals surface area contributed by atoms with Crippen LogP contribution in [-0.4, -0.2) is 51.3 Å². The molecule has 0 bridgehead atoms. The highest BCUT2D eigenvalue weighted by atomic mass is 35.5. The monoisotopic (exact) mass is 417 g/mol. The molecule has 3 rings (SSSR count). The Morgan fingerprint density at radius 3 is 2.45 bits per heavy atom. The second-order valence-electron chi connectivity index (χ2n) is 7.09. The molecule has 2 aromatic rings. The van der Waals surface area contributed by atoms with Crippen molar-refractivity contribution < 1.29 is 14.3 Å². The van der Waals surface area contributed by atoms with E-state index in [-0.39, 0.29) is 6.03 Å². The van der Waals surface area contributed by atoms with Crippen molar-refractivity contribution in [2.75, 3.05) is 50.6 Å². The predicted molar refractivity (Wildman–Crippen MR) is 118 cm³/mol. The summed E-state index contributed by atoms with van der Waals surface area (Å²) >= 11 is 6.46. The van der Waals surface area contributed by atoms with E-state index in [1.165, 1.54) is 19.3 Å². The van der Waals surface area contributed by atoms with Gasteiger partial charge in [-0.1, -0.05) is 11.6 Å². The second kappa shape index (κ2) is 10.3. The first-order valence-electron chi connectivity index (χ1n) is 9.90. The second-order valence-corrected chi connectivity index (χ2v) is 7.50. The molecule has 2 amide bonds. The fourth-order valence-electron chi connectivity index (χ4n) is 3.27. The molecule has 1 N–H and O–H groups in total. The number of benzene rings is 2. The first-order chi connectivity index (χ1) is 14.1. The van der Waals surface area contributed by atoms with E-state index in [4.69, 9.17) is 21.1 Å². The van der Waals surface area contributed by atoms with E-state index >= 15 is 0 Å². The Bertz CT molecular complexity index is 807. The highest BCUT2D eigenvalue weighted by Gasteiger charge is 2.15.